The van der Waals surface area contributed by atoms with Crippen molar-refractivity contribution in [2.75, 3.05) is 0 Å². The lowest BCUT2D eigenvalue weighted by Crippen LogP contribution is -1.90. The Morgan fingerprint density at radius 1 is 0.433 bits per heavy atom. The minimum absolute atomic E-state index is 1.22. The topological polar surface area (TPSA) is 0 Å². The summed E-state index contributed by atoms with van der Waals surface area (Å²) in [6.45, 7) is 0. The zero-order valence-electron chi connectivity index (χ0n) is 16.7. The summed E-state index contributed by atoms with van der Waals surface area (Å²) in [6.07, 6.45) is 2.32. The molecule has 0 fully saturated rings. The van der Waals surface area contributed by atoms with E-state index in [1.54, 1.807) is 0 Å². The van der Waals surface area contributed by atoms with Gasteiger partial charge in [-0.05, 0) is 50.2 Å². The molecule has 0 heterocycles. The van der Waals surface area contributed by atoms with Gasteiger partial charge in [0.2, 0.25) is 0 Å². The second-order valence-electron chi connectivity index (χ2n) is 7.40. The summed E-state index contributed by atoms with van der Waals surface area (Å²) in [5, 5.41) is 2.54. The van der Waals surface area contributed by atoms with Crippen molar-refractivity contribution >= 4 is 22.4 Å². The molecule has 0 N–H and O–H groups in total. The predicted molar refractivity (Wildman–Crippen MR) is 129 cm³/mol. The molecule has 0 radical (unpaired) electrons. The maximum Gasteiger partial charge on any atom is -0.00994 e. The quantitative estimate of drug-likeness (QED) is 0.275. The highest BCUT2D eigenvalue weighted by Crippen LogP contribution is 2.34. The van der Waals surface area contributed by atoms with E-state index >= 15 is 0 Å². The average Bonchev–Trinajstić information content (AvgIpc) is 2.84. The van der Waals surface area contributed by atoms with Crippen LogP contribution in [0.5, 0.6) is 0 Å². The molecule has 0 atom stereocenters. The van der Waals surface area contributed by atoms with Crippen LogP contribution in [0.3, 0.4) is 0 Å². The van der Waals surface area contributed by atoms with Gasteiger partial charge in [-0.15, -0.1) is 0 Å². The van der Waals surface area contributed by atoms with Gasteiger partial charge in [0.25, 0.3) is 0 Å². The Balaban J connectivity index is 1.73. The van der Waals surface area contributed by atoms with Gasteiger partial charge in [-0.25, -0.2) is 0 Å². The van der Waals surface area contributed by atoms with Crippen molar-refractivity contribution < 1.29 is 0 Å². The van der Waals surface area contributed by atoms with E-state index in [9.17, 15) is 0 Å². The van der Waals surface area contributed by atoms with Gasteiger partial charge < -0.3 is 0 Å². The van der Waals surface area contributed by atoms with Crippen LogP contribution in [-0.2, 0) is 0 Å². The van der Waals surface area contributed by atoms with Gasteiger partial charge in [0.05, 0.1) is 0 Å². The highest BCUT2D eigenvalue weighted by atomic mass is 14.1. The molecule has 0 bridgehead atoms. The van der Waals surface area contributed by atoms with E-state index in [-0.39, 0.29) is 0 Å². The summed E-state index contributed by atoms with van der Waals surface area (Å²) in [6, 6.07) is 45.1. The van der Waals surface area contributed by atoms with Crippen LogP contribution in [0, 0.1) is 0 Å². The molecule has 0 aliphatic rings. The molecule has 0 amide bonds. The lowest BCUT2D eigenvalue weighted by Gasteiger charge is -2.13. The van der Waals surface area contributed by atoms with Crippen molar-refractivity contribution in [1.82, 2.24) is 0 Å². The summed E-state index contributed by atoms with van der Waals surface area (Å²) in [5.74, 6) is 0. The molecule has 5 aromatic rings. The summed E-state index contributed by atoms with van der Waals surface area (Å²) in [5.41, 5.74) is 7.42. The van der Waals surface area contributed by atoms with Crippen LogP contribution in [0.2, 0.25) is 0 Å². The third-order valence-electron chi connectivity index (χ3n) is 5.51. The molecule has 30 heavy (non-hydrogen) atoms. The molecule has 0 heteroatoms. The fourth-order valence-corrected chi connectivity index (χ4v) is 4.04. The van der Waals surface area contributed by atoms with E-state index in [1.807, 2.05) is 0 Å². The molecular weight excluding hydrogens is 360 g/mol. The zero-order valence-corrected chi connectivity index (χ0v) is 16.7. The minimum Gasteiger partial charge on any atom is -0.0622 e. The molecule has 0 saturated heterocycles. The largest absolute Gasteiger partial charge is 0.0622 e. The molecule has 0 nitrogen and oxygen atoms in total. The highest BCUT2D eigenvalue weighted by molar-refractivity contribution is 6.04. The molecule has 0 aliphatic heterocycles. The van der Waals surface area contributed by atoms with E-state index < -0.39 is 0 Å². The second kappa shape index (κ2) is 8.23. The number of benzene rings is 5. The molecule has 0 spiro atoms. The summed E-state index contributed by atoms with van der Waals surface area (Å²) < 4.78 is 0. The molecule has 5 aromatic carbocycles. The van der Waals surface area contributed by atoms with E-state index in [4.69, 9.17) is 0 Å². The van der Waals surface area contributed by atoms with E-state index in [2.05, 4.69) is 133 Å². The number of fused-ring (bicyclic) bond motifs is 1. The highest BCUT2D eigenvalue weighted by Gasteiger charge is 2.09. The molecule has 0 aliphatic carbocycles. The van der Waals surface area contributed by atoms with E-state index in [0.29, 0.717) is 0 Å². The minimum atomic E-state index is 1.22. The fourth-order valence-electron chi connectivity index (χ4n) is 4.04. The Bertz CT molecular complexity index is 1260. The standard InChI is InChI=1S/C30H22/c1-4-12-23(13-5-1)28-21-20-26(27-18-10-11-19-29(27)28)22-30(24-14-6-2-7-15-24)25-16-8-3-9-17-25/h1-22H. The maximum atomic E-state index is 2.32. The van der Waals surface area contributed by atoms with Crippen molar-refractivity contribution in [2.45, 2.75) is 0 Å². The van der Waals surface area contributed by atoms with Crippen molar-refractivity contribution in [2.24, 2.45) is 0 Å². The van der Waals surface area contributed by atoms with Gasteiger partial charge in [-0.2, -0.15) is 0 Å². The number of hydrogen-bond acceptors (Lipinski definition) is 0. The second-order valence-corrected chi connectivity index (χ2v) is 7.40. The van der Waals surface area contributed by atoms with Gasteiger partial charge in [0.15, 0.2) is 0 Å². The first-order chi connectivity index (χ1) is 14.9. The summed E-state index contributed by atoms with van der Waals surface area (Å²) >= 11 is 0. The van der Waals surface area contributed by atoms with Gasteiger partial charge >= 0.3 is 0 Å². The van der Waals surface area contributed by atoms with Gasteiger partial charge in [0.1, 0.15) is 0 Å². The van der Waals surface area contributed by atoms with E-state index in [0.717, 1.165) is 0 Å². The normalized spacial score (nSPS) is 10.7. The molecule has 142 valence electrons. The first kappa shape index (κ1) is 18.1. The molecular formula is C30H22. The van der Waals surface area contributed by atoms with Crippen molar-refractivity contribution in [3.63, 3.8) is 0 Å². The summed E-state index contributed by atoms with van der Waals surface area (Å²) in [4.78, 5) is 0. The molecule has 5 rings (SSSR count). The van der Waals surface area contributed by atoms with Crippen LogP contribution in [-0.4, -0.2) is 0 Å². The predicted octanol–water partition coefficient (Wildman–Crippen LogP) is 8.10. The summed E-state index contributed by atoms with van der Waals surface area (Å²) in [7, 11) is 0. The molecule has 0 aromatic heterocycles. The average molecular weight is 383 g/mol. The first-order valence-electron chi connectivity index (χ1n) is 10.3. The van der Waals surface area contributed by atoms with Crippen LogP contribution < -0.4 is 0 Å². The Hall–Kier alpha value is -3.90. The van der Waals surface area contributed by atoms with Gasteiger partial charge in [0, 0.05) is 0 Å². The fraction of sp³-hybridized carbons (Fsp3) is 0. The Kier molecular flexibility index (Phi) is 4.98. The maximum absolute atomic E-state index is 2.32. The van der Waals surface area contributed by atoms with Gasteiger partial charge in [-0.1, -0.05) is 127 Å². The zero-order chi connectivity index (χ0) is 20.2. The van der Waals surface area contributed by atoms with Crippen molar-refractivity contribution in [3.05, 3.63) is 144 Å². The lowest BCUT2D eigenvalue weighted by atomic mass is 9.91. The number of rotatable bonds is 4. The Morgan fingerprint density at radius 3 is 1.53 bits per heavy atom. The van der Waals surface area contributed by atoms with Crippen LogP contribution >= 0.6 is 0 Å². The third-order valence-corrected chi connectivity index (χ3v) is 5.51. The van der Waals surface area contributed by atoms with Crippen molar-refractivity contribution in [1.29, 1.82) is 0 Å². The lowest BCUT2D eigenvalue weighted by molar-refractivity contribution is 1.55. The molecule has 0 saturated carbocycles. The Labute approximate surface area is 177 Å². The number of hydrogen-bond donors (Lipinski definition) is 0. The Morgan fingerprint density at radius 2 is 0.933 bits per heavy atom. The van der Waals surface area contributed by atoms with Crippen LogP contribution in [0.1, 0.15) is 16.7 Å². The van der Waals surface area contributed by atoms with Crippen LogP contribution in [0.4, 0.5) is 0 Å². The van der Waals surface area contributed by atoms with Crippen molar-refractivity contribution in [3.8, 4) is 11.1 Å². The SMILES string of the molecule is C(=C(c1ccccc1)c1ccccc1)c1ccc(-c2ccccc2)c2ccccc12. The van der Waals surface area contributed by atoms with Crippen LogP contribution in [0.15, 0.2) is 127 Å². The third kappa shape index (κ3) is 3.56. The van der Waals surface area contributed by atoms with E-state index in [1.165, 1.54) is 44.2 Å². The first-order valence-corrected chi connectivity index (χ1v) is 10.3. The molecule has 0 unspecified atom stereocenters. The van der Waals surface area contributed by atoms with Crippen LogP contribution in [0.25, 0.3) is 33.5 Å². The van der Waals surface area contributed by atoms with Gasteiger partial charge in [-0.3, -0.25) is 0 Å². The smallest absolute Gasteiger partial charge is 0.00994 e. The monoisotopic (exact) mass is 382 g/mol.